The summed E-state index contributed by atoms with van der Waals surface area (Å²) in [5.74, 6) is 0.955. The van der Waals surface area contributed by atoms with Crippen LogP contribution in [0.25, 0.3) is 0 Å². The Bertz CT molecular complexity index is 876. The Hall–Kier alpha value is -2.57. The van der Waals surface area contributed by atoms with Crippen LogP contribution in [0.5, 0.6) is 5.75 Å². The predicted octanol–water partition coefficient (Wildman–Crippen LogP) is 2.85. The number of carbonyl (C=O) groups is 1. The van der Waals surface area contributed by atoms with Gasteiger partial charge in [0, 0.05) is 57.6 Å². The fourth-order valence-corrected chi connectivity index (χ4v) is 4.48. The fourth-order valence-electron chi connectivity index (χ4n) is 4.48. The normalized spacial score (nSPS) is 18.1. The summed E-state index contributed by atoms with van der Waals surface area (Å²) in [4.78, 5) is 18.4. The van der Waals surface area contributed by atoms with Gasteiger partial charge in [0.2, 0.25) is 5.91 Å². The second kappa shape index (κ2) is 9.06. The van der Waals surface area contributed by atoms with Gasteiger partial charge in [-0.25, -0.2) is 0 Å². The van der Waals surface area contributed by atoms with Gasteiger partial charge >= 0.3 is 0 Å². The van der Waals surface area contributed by atoms with E-state index in [2.05, 4.69) is 28.0 Å². The van der Waals surface area contributed by atoms with Gasteiger partial charge in [-0.05, 0) is 54.3 Å². The number of benzene rings is 2. The van der Waals surface area contributed by atoms with E-state index in [-0.39, 0.29) is 5.91 Å². The first-order chi connectivity index (χ1) is 14.5. The average molecular weight is 410 g/mol. The van der Waals surface area contributed by atoms with Crippen molar-refractivity contribution >= 4 is 17.3 Å². The van der Waals surface area contributed by atoms with E-state index >= 15 is 0 Å². The Kier molecular flexibility index (Phi) is 6.25. The van der Waals surface area contributed by atoms with Gasteiger partial charge in [0.1, 0.15) is 5.75 Å². The second-order valence-electron chi connectivity index (χ2n) is 8.16. The minimum Gasteiger partial charge on any atom is -0.497 e. The number of hydrogen-bond acceptors (Lipinski definition) is 5. The number of ether oxygens (including phenoxy) is 1. The molecule has 160 valence electrons. The van der Waals surface area contributed by atoms with Crippen LogP contribution in [0.1, 0.15) is 30.6 Å². The first-order valence-electron chi connectivity index (χ1n) is 10.8. The van der Waals surface area contributed by atoms with Crippen molar-refractivity contribution in [3.63, 3.8) is 0 Å². The molecule has 0 spiro atoms. The molecule has 1 N–H and O–H groups in total. The van der Waals surface area contributed by atoms with Crippen molar-refractivity contribution in [2.45, 2.75) is 25.9 Å². The number of aliphatic hydroxyl groups is 1. The van der Waals surface area contributed by atoms with Gasteiger partial charge in [0.25, 0.3) is 0 Å². The quantitative estimate of drug-likeness (QED) is 0.823. The van der Waals surface area contributed by atoms with Crippen LogP contribution in [0.4, 0.5) is 11.4 Å². The molecule has 6 nitrogen and oxygen atoms in total. The number of β-amino-alcohol motifs (C(OH)–C–C–N with tert-alkyl or cyclic N) is 1. The standard InChI is InChI=1S/C24H31N3O3/c1-18(28)27-11-3-4-19-16-20(5-10-23(19)27)24(29)17-25-12-14-26(15-13-25)21-6-8-22(30-2)9-7-21/h5-10,16,24,29H,3-4,11-15,17H2,1-2H3/t24-/m0/s1. The Labute approximate surface area is 178 Å². The van der Waals surface area contributed by atoms with Crippen molar-refractivity contribution in [3.05, 3.63) is 53.6 Å². The number of nitrogens with zero attached hydrogens (tertiary/aromatic N) is 3. The molecule has 2 aromatic rings. The Morgan fingerprint density at radius 1 is 1.07 bits per heavy atom. The van der Waals surface area contributed by atoms with Crippen LogP contribution in [0, 0.1) is 0 Å². The van der Waals surface area contributed by atoms with Crippen LogP contribution in [0.15, 0.2) is 42.5 Å². The molecule has 2 aromatic carbocycles. The third kappa shape index (κ3) is 4.45. The Morgan fingerprint density at radius 2 is 1.80 bits per heavy atom. The van der Waals surface area contributed by atoms with E-state index in [1.54, 1.807) is 14.0 Å². The van der Waals surface area contributed by atoms with Crippen LogP contribution < -0.4 is 14.5 Å². The van der Waals surface area contributed by atoms with Crippen LogP contribution in [0.2, 0.25) is 0 Å². The van der Waals surface area contributed by atoms with Crippen molar-refractivity contribution in [2.24, 2.45) is 0 Å². The summed E-state index contributed by atoms with van der Waals surface area (Å²) in [5, 5.41) is 10.8. The predicted molar refractivity (Wildman–Crippen MR) is 119 cm³/mol. The lowest BCUT2D eigenvalue weighted by Crippen LogP contribution is -2.47. The van der Waals surface area contributed by atoms with Gasteiger partial charge in [-0.3, -0.25) is 9.69 Å². The summed E-state index contributed by atoms with van der Waals surface area (Å²) in [6, 6.07) is 14.2. The monoisotopic (exact) mass is 409 g/mol. The van der Waals surface area contributed by atoms with Crippen molar-refractivity contribution in [3.8, 4) is 5.75 Å². The molecule has 1 fully saturated rings. The number of aliphatic hydroxyl groups excluding tert-OH is 1. The zero-order valence-electron chi connectivity index (χ0n) is 17.9. The minimum absolute atomic E-state index is 0.0824. The third-order valence-corrected chi connectivity index (χ3v) is 6.23. The molecule has 1 atom stereocenters. The largest absolute Gasteiger partial charge is 0.497 e. The highest BCUT2D eigenvalue weighted by atomic mass is 16.5. The van der Waals surface area contributed by atoms with Gasteiger partial charge in [-0.15, -0.1) is 0 Å². The van der Waals surface area contributed by atoms with Crippen LogP contribution in [-0.2, 0) is 11.2 Å². The van der Waals surface area contributed by atoms with Crippen molar-refractivity contribution < 1.29 is 14.6 Å². The SMILES string of the molecule is COc1ccc(N2CCN(C[C@H](O)c3ccc4c(c3)CCCN4C(C)=O)CC2)cc1. The summed E-state index contributed by atoms with van der Waals surface area (Å²) in [6.07, 6.45) is 1.41. The highest BCUT2D eigenvalue weighted by Gasteiger charge is 2.23. The fraction of sp³-hybridized carbons (Fsp3) is 0.458. The van der Waals surface area contributed by atoms with Gasteiger partial charge < -0.3 is 19.6 Å². The first-order valence-corrected chi connectivity index (χ1v) is 10.8. The highest BCUT2D eigenvalue weighted by molar-refractivity contribution is 5.92. The summed E-state index contributed by atoms with van der Waals surface area (Å²) in [5.41, 5.74) is 4.31. The van der Waals surface area contributed by atoms with Crippen molar-refractivity contribution in [2.75, 3.05) is 56.2 Å². The summed E-state index contributed by atoms with van der Waals surface area (Å²) in [7, 11) is 1.68. The molecule has 4 rings (SSSR count). The van der Waals surface area contributed by atoms with Gasteiger partial charge in [0.15, 0.2) is 0 Å². The lowest BCUT2D eigenvalue weighted by Gasteiger charge is -2.37. The molecular weight excluding hydrogens is 378 g/mol. The number of fused-ring (bicyclic) bond motifs is 1. The van der Waals surface area contributed by atoms with Crippen molar-refractivity contribution in [1.82, 2.24) is 4.90 Å². The number of methoxy groups -OCH3 is 1. The molecule has 2 aliphatic rings. The molecule has 0 aliphatic carbocycles. The van der Waals surface area contributed by atoms with Gasteiger partial charge in [-0.1, -0.05) is 12.1 Å². The number of hydrogen-bond donors (Lipinski definition) is 1. The molecule has 2 heterocycles. The highest BCUT2D eigenvalue weighted by Crippen LogP contribution is 2.30. The zero-order valence-corrected chi connectivity index (χ0v) is 17.9. The number of rotatable bonds is 5. The molecule has 1 amide bonds. The number of anilines is 2. The summed E-state index contributed by atoms with van der Waals surface area (Å²) in [6.45, 7) is 6.75. The van der Waals surface area contributed by atoms with E-state index in [4.69, 9.17) is 4.74 Å². The van der Waals surface area contributed by atoms with E-state index in [1.165, 1.54) is 5.69 Å². The van der Waals surface area contributed by atoms with E-state index in [9.17, 15) is 9.90 Å². The molecule has 30 heavy (non-hydrogen) atoms. The van der Waals surface area contributed by atoms with Gasteiger partial charge in [0.05, 0.1) is 13.2 Å². The first kappa shape index (κ1) is 20.7. The maximum atomic E-state index is 11.9. The lowest BCUT2D eigenvalue weighted by atomic mass is 9.97. The zero-order chi connectivity index (χ0) is 21.1. The second-order valence-corrected chi connectivity index (χ2v) is 8.16. The van der Waals surface area contributed by atoms with E-state index < -0.39 is 6.10 Å². The molecule has 0 unspecified atom stereocenters. The lowest BCUT2D eigenvalue weighted by molar-refractivity contribution is -0.116. The Morgan fingerprint density at radius 3 is 2.47 bits per heavy atom. The number of carbonyl (C=O) groups excluding carboxylic acids is 1. The maximum Gasteiger partial charge on any atom is 0.223 e. The maximum absolute atomic E-state index is 11.9. The average Bonchev–Trinajstić information content (AvgIpc) is 2.78. The summed E-state index contributed by atoms with van der Waals surface area (Å²) < 4.78 is 5.24. The molecule has 2 aliphatic heterocycles. The summed E-state index contributed by atoms with van der Waals surface area (Å²) >= 11 is 0. The molecule has 0 aromatic heterocycles. The molecule has 1 saturated heterocycles. The smallest absolute Gasteiger partial charge is 0.223 e. The van der Waals surface area contributed by atoms with E-state index in [0.29, 0.717) is 6.54 Å². The van der Waals surface area contributed by atoms with Crippen molar-refractivity contribution in [1.29, 1.82) is 0 Å². The van der Waals surface area contributed by atoms with Crippen LogP contribution in [0.3, 0.4) is 0 Å². The Balaban J connectivity index is 1.34. The number of amides is 1. The minimum atomic E-state index is -0.518. The molecular formula is C24H31N3O3. The van der Waals surface area contributed by atoms with Crippen LogP contribution >= 0.6 is 0 Å². The van der Waals surface area contributed by atoms with E-state index in [1.807, 2.05) is 29.2 Å². The van der Waals surface area contributed by atoms with Gasteiger partial charge in [-0.2, -0.15) is 0 Å². The van der Waals surface area contributed by atoms with E-state index in [0.717, 1.165) is 68.1 Å². The third-order valence-electron chi connectivity index (χ3n) is 6.23. The molecule has 6 heteroatoms. The molecule has 0 saturated carbocycles. The number of piperazine rings is 1. The van der Waals surface area contributed by atoms with Crippen LogP contribution in [-0.4, -0.2) is 62.3 Å². The molecule has 0 bridgehead atoms. The number of aryl methyl sites for hydroxylation is 1. The topological polar surface area (TPSA) is 56.2 Å². The molecule has 0 radical (unpaired) electrons.